The van der Waals surface area contributed by atoms with Crippen molar-refractivity contribution in [1.29, 1.82) is 0 Å². The summed E-state index contributed by atoms with van der Waals surface area (Å²) >= 11 is 0. The van der Waals surface area contributed by atoms with Crippen LogP contribution in [0.15, 0.2) is 18.2 Å². The molecule has 3 nitrogen and oxygen atoms in total. The molecule has 1 N–H and O–H groups in total. The number of carbonyl (C=O) groups is 1. The molecule has 1 aromatic rings. The van der Waals surface area contributed by atoms with Crippen LogP contribution in [0.3, 0.4) is 0 Å². The van der Waals surface area contributed by atoms with Gasteiger partial charge in [0.1, 0.15) is 5.75 Å². The van der Waals surface area contributed by atoms with Gasteiger partial charge in [-0.3, -0.25) is 0 Å². The van der Waals surface area contributed by atoms with E-state index in [0.717, 1.165) is 0 Å². The maximum absolute atomic E-state index is 10.7. The minimum Gasteiger partial charge on any atom is -0.545 e. The van der Waals surface area contributed by atoms with Crippen molar-refractivity contribution in [3.63, 3.8) is 0 Å². The summed E-state index contributed by atoms with van der Waals surface area (Å²) in [5, 5.41) is 20.1. The van der Waals surface area contributed by atoms with E-state index in [1.807, 2.05) is 13.8 Å². The van der Waals surface area contributed by atoms with Gasteiger partial charge in [0.15, 0.2) is 0 Å². The number of benzene rings is 1. The van der Waals surface area contributed by atoms with Crippen molar-refractivity contribution in [1.82, 2.24) is 0 Å². The summed E-state index contributed by atoms with van der Waals surface area (Å²) in [6, 6.07) is 4.40. The van der Waals surface area contributed by atoms with Crippen LogP contribution in [-0.4, -0.2) is 11.1 Å². The topological polar surface area (TPSA) is 60.4 Å². The summed E-state index contributed by atoms with van der Waals surface area (Å²) in [5.41, 5.74) is 0.498. The van der Waals surface area contributed by atoms with Crippen molar-refractivity contribution in [3.05, 3.63) is 29.3 Å². The van der Waals surface area contributed by atoms with E-state index >= 15 is 0 Å². The summed E-state index contributed by atoms with van der Waals surface area (Å²) in [5.74, 6) is -1.27. The molecule has 0 radical (unpaired) electrons. The van der Waals surface area contributed by atoms with Gasteiger partial charge in [-0.05, 0) is 12.0 Å². The number of rotatable bonds is 2. The maximum atomic E-state index is 10.7. The van der Waals surface area contributed by atoms with E-state index in [0.29, 0.717) is 5.56 Å². The molecule has 0 atom stereocenters. The molecule has 0 aliphatic carbocycles. The van der Waals surface area contributed by atoms with Gasteiger partial charge in [0.2, 0.25) is 0 Å². The Morgan fingerprint density at radius 3 is 2.36 bits per heavy atom. The van der Waals surface area contributed by atoms with Gasteiger partial charge in [-0.1, -0.05) is 26.0 Å². The predicted octanol–water partition coefficient (Wildman–Crippen LogP) is -2.12. The third-order valence-corrected chi connectivity index (χ3v) is 1.88. The molecular formula is C10H11NaO3. The van der Waals surface area contributed by atoms with Gasteiger partial charge in [0, 0.05) is 11.1 Å². The normalized spacial score (nSPS) is 9.64. The molecule has 0 unspecified atom stereocenters. The van der Waals surface area contributed by atoms with Crippen LogP contribution in [0.4, 0.5) is 0 Å². The third-order valence-electron chi connectivity index (χ3n) is 1.88. The number of carboxylic acid groups (broad SMARTS) is 1. The number of carbonyl (C=O) groups excluding carboxylic acids is 1. The molecule has 0 aliphatic rings. The fourth-order valence-electron chi connectivity index (χ4n) is 1.34. The van der Waals surface area contributed by atoms with E-state index in [1.165, 1.54) is 18.2 Å². The van der Waals surface area contributed by atoms with Crippen molar-refractivity contribution in [3.8, 4) is 5.75 Å². The van der Waals surface area contributed by atoms with Crippen LogP contribution in [0.1, 0.15) is 35.7 Å². The van der Waals surface area contributed by atoms with Gasteiger partial charge >= 0.3 is 29.6 Å². The summed E-state index contributed by atoms with van der Waals surface area (Å²) in [6.45, 7) is 3.64. The average Bonchev–Trinajstić information content (AvgIpc) is 2.02. The van der Waals surface area contributed by atoms with Gasteiger partial charge in [0.05, 0.1) is 5.97 Å². The Balaban J connectivity index is 0.00000169. The first-order chi connectivity index (χ1) is 6.04. The first kappa shape index (κ1) is 13.5. The molecule has 70 valence electrons. The second-order valence-corrected chi connectivity index (χ2v) is 3.18. The van der Waals surface area contributed by atoms with Crippen LogP contribution in [0.2, 0.25) is 0 Å². The molecule has 0 amide bonds. The van der Waals surface area contributed by atoms with E-state index in [-0.39, 0.29) is 46.8 Å². The number of hydrogen-bond donors (Lipinski definition) is 1. The molecule has 0 aliphatic heterocycles. The Labute approximate surface area is 105 Å². The van der Waals surface area contributed by atoms with Crippen LogP contribution in [-0.2, 0) is 0 Å². The van der Waals surface area contributed by atoms with Crippen molar-refractivity contribution < 1.29 is 44.6 Å². The zero-order valence-corrected chi connectivity index (χ0v) is 10.6. The molecule has 1 aromatic carbocycles. The van der Waals surface area contributed by atoms with E-state index in [1.54, 1.807) is 0 Å². The third kappa shape index (κ3) is 2.74. The first-order valence-corrected chi connectivity index (χ1v) is 4.07. The first-order valence-electron chi connectivity index (χ1n) is 4.07. The van der Waals surface area contributed by atoms with Crippen LogP contribution in [0.25, 0.3) is 0 Å². The minimum absolute atomic E-state index is 0. The Bertz CT molecular complexity index is 334. The molecule has 0 aromatic heterocycles. The largest absolute Gasteiger partial charge is 1.00 e. The molecule has 14 heavy (non-hydrogen) atoms. The molecule has 0 spiro atoms. The zero-order valence-electron chi connectivity index (χ0n) is 8.57. The second-order valence-electron chi connectivity index (χ2n) is 3.18. The molecular weight excluding hydrogens is 191 g/mol. The van der Waals surface area contributed by atoms with Crippen molar-refractivity contribution >= 4 is 5.97 Å². The minimum atomic E-state index is -1.25. The zero-order chi connectivity index (χ0) is 10.0. The summed E-state index contributed by atoms with van der Waals surface area (Å²) in [6.07, 6.45) is 0. The number of phenolic OH excluding ortho intramolecular Hbond substituents is 1. The maximum Gasteiger partial charge on any atom is 1.00 e. The van der Waals surface area contributed by atoms with Crippen LogP contribution >= 0.6 is 0 Å². The average molecular weight is 202 g/mol. The Hall–Kier alpha value is -0.510. The molecule has 0 heterocycles. The summed E-state index contributed by atoms with van der Waals surface area (Å²) in [4.78, 5) is 10.7. The van der Waals surface area contributed by atoms with Crippen LogP contribution in [0, 0.1) is 0 Å². The Kier molecular flexibility index (Phi) is 5.19. The molecule has 0 fully saturated rings. The molecule has 4 heteroatoms. The number of aromatic carboxylic acids is 1. The standard InChI is InChI=1S/C10H12O3.Na/c1-6(2)9-7(10(12)13)4-3-5-8(9)11;/h3-6,11H,1-2H3,(H,12,13);/q;+1/p-1. The number of hydrogen-bond acceptors (Lipinski definition) is 3. The van der Waals surface area contributed by atoms with E-state index < -0.39 is 5.97 Å². The van der Waals surface area contributed by atoms with Crippen molar-refractivity contribution in [2.75, 3.05) is 0 Å². The van der Waals surface area contributed by atoms with Gasteiger partial charge in [0.25, 0.3) is 0 Å². The summed E-state index contributed by atoms with van der Waals surface area (Å²) in [7, 11) is 0. The molecule has 0 saturated heterocycles. The van der Waals surface area contributed by atoms with E-state index in [4.69, 9.17) is 0 Å². The van der Waals surface area contributed by atoms with Gasteiger partial charge < -0.3 is 15.0 Å². The fourth-order valence-corrected chi connectivity index (χ4v) is 1.34. The Morgan fingerprint density at radius 2 is 2.00 bits per heavy atom. The van der Waals surface area contributed by atoms with E-state index in [9.17, 15) is 15.0 Å². The SMILES string of the molecule is CC(C)c1c(O)cccc1C(=O)[O-].[Na+]. The monoisotopic (exact) mass is 202 g/mol. The van der Waals surface area contributed by atoms with Crippen LogP contribution in [0.5, 0.6) is 5.75 Å². The predicted molar refractivity (Wildman–Crippen MR) is 46.5 cm³/mol. The van der Waals surface area contributed by atoms with E-state index in [2.05, 4.69) is 0 Å². The van der Waals surface area contributed by atoms with Crippen molar-refractivity contribution in [2.24, 2.45) is 0 Å². The number of phenols is 1. The van der Waals surface area contributed by atoms with Crippen molar-refractivity contribution in [2.45, 2.75) is 19.8 Å². The number of carboxylic acids is 1. The smallest absolute Gasteiger partial charge is 0.545 e. The fraction of sp³-hybridized carbons (Fsp3) is 0.300. The van der Waals surface area contributed by atoms with Crippen LogP contribution < -0.4 is 34.7 Å². The second kappa shape index (κ2) is 5.39. The van der Waals surface area contributed by atoms with Gasteiger partial charge in [-0.15, -0.1) is 0 Å². The summed E-state index contributed by atoms with van der Waals surface area (Å²) < 4.78 is 0. The van der Waals surface area contributed by atoms with Gasteiger partial charge in [-0.25, -0.2) is 0 Å². The molecule has 1 rings (SSSR count). The molecule has 0 bridgehead atoms. The quantitative estimate of drug-likeness (QED) is 0.558. The van der Waals surface area contributed by atoms with Gasteiger partial charge in [-0.2, -0.15) is 0 Å². The Morgan fingerprint density at radius 1 is 1.43 bits per heavy atom. The molecule has 0 saturated carbocycles. The number of aromatic hydroxyl groups is 1.